The van der Waals surface area contributed by atoms with Crippen LogP contribution in [0.3, 0.4) is 0 Å². The van der Waals surface area contributed by atoms with Gasteiger partial charge in [0.2, 0.25) is 0 Å². The molecule has 0 N–H and O–H groups in total. The van der Waals surface area contributed by atoms with Crippen LogP contribution in [0.15, 0.2) is 16.7 Å². The van der Waals surface area contributed by atoms with E-state index in [0.29, 0.717) is 11.7 Å². The van der Waals surface area contributed by atoms with Gasteiger partial charge in [0.15, 0.2) is 0 Å². The zero-order valence-corrected chi connectivity index (χ0v) is 13.0. The molecule has 2 aromatic rings. The highest BCUT2D eigenvalue weighted by molar-refractivity contribution is 5.59. The second-order valence-corrected chi connectivity index (χ2v) is 5.49. The minimum Gasteiger partial charge on any atom is -0.496 e. The molecule has 0 aliphatic carbocycles. The summed E-state index contributed by atoms with van der Waals surface area (Å²) in [5.74, 6) is 0.870. The van der Waals surface area contributed by atoms with Gasteiger partial charge in [0.1, 0.15) is 11.6 Å². The Morgan fingerprint density at radius 3 is 2.64 bits per heavy atom. The predicted molar refractivity (Wildman–Crippen MR) is 80.7 cm³/mol. The number of rotatable bonds is 3. The number of benzene rings is 1. The Morgan fingerprint density at radius 1 is 1.23 bits per heavy atom. The summed E-state index contributed by atoms with van der Waals surface area (Å²) in [6, 6.07) is 3.00. The molecule has 1 fully saturated rings. The molecule has 1 aromatic carbocycles. The van der Waals surface area contributed by atoms with E-state index in [-0.39, 0.29) is 11.5 Å². The van der Waals surface area contributed by atoms with Crippen LogP contribution in [0.5, 0.6) is 5.75 Å². The number of ether oxygens (including phenoxy) is 1. The van der Waals surface area contributed by atoms with E-state index in [4.69, 9.17) is 9.26 Å². The van der Waals surface area contributed by atoms with Gasteiger partial charge in [-0.2, -0.15) is 4.98 Å². The van der Waals surface area contributed by atoms with Crippen molar-refractivity contribution in [2.75, 3.05) is 45.2 Å². The molecule has 0 radical (unpaired) electrons. The fourth-order valence-corrected chi connectivity index (χ4v) is 2.50. The van der Waals surface area contributed by atoms with Crippen LogP contribution < -0.4 is 9.64 Å². The third kappa shape index (κ3) is 2.76. The summed E-state index contributed by atoms with van der Waals surface area (Å²) in [5, 5.41) is 3.97. The van der Waals surface area contributed by atoms with E-state index in [1.54, 1.807) is 20.1 Å². The zero-order chi connectivity index (χ0) is 15.7. The number of halogens is 1. The van der Waals surface area contributed by atoms with Crippen LogP contribution in [0.4, 0.5) is 10.3 Å². The number of likely N-dealkylation sites (N-methyl/N-ethyl adjacent to an activating group) is 1. The molecule has 0 unspecified atom stereocenters. The number of hydrogen-bond donors (Lipinski definition) is 0. The van der Waals surface area contributed by atoms with Crippen LogP contribution in [0.25, 0.3) is 11.5 Å². The molecule has 0 saturated carbocycles. The number of aryl methyl sites for hydroxylation is 1. The Kier molecular flexibility index (Phi) is 3.98. The highest BCUT2D eigenvalue weighted by Crippen LogP contribution is 2.30. The van der Waals surface area contributed by atoms with Crippen LogP contribution in [0.2, 0.25) is 0 Å². The van der Waals surface area contributed by atoms with E-state index in [9.17, 15) is 4.39 Å². The molecular weight excluding hydrogens is 287 g/mol. The van der Waals surface area contributed by atoms with Crippen LogP contribution in [-0.2, 0) is 0 Å². The van der Waals surface area contributed by atoms with Gasteiger partial charge in [-0.25, -0.2) is 4.39 Å². The molecule has 6 nitrogen and oxygen atoms in total. The van der Waals surface area contributed by atoms with E-state index in [2.05, 4.69) is 22.1 Å². The van der Waals surface area contributed by atoms with E-state index in [1.165, 1.54) is 6.07 Å². The summed E-state index contributed by atoms with van der Waals surface area (Å²) < 4.78 is 24.6. The van der Waals surface area contributed by atoms with Gasteiger partial charge < -0.3 is 19.1 Å². The summed E-state index contributed by atoms with van der Waals surface area (Å²) in [7, 11) is 3.63. The topological polar surface area (TPSA) is 54.6 Å². The molecule has 0 amide bonds. The second kappa shape index (κ2) is 5.92. The number of hydrogen-bond acceptors (Lipinski definition) is 6. The lowest BCUT2D eigenvalue weighted by molar-refractivity contribution is 0.309. The highest BCUT2D eigenvalue weighted by atomic mass is 19.1. The van der Waals surface area contributed by atoms with Gasteiger partial charge in [-0.05, 0) is 36.8 Å². The quantitative estimate of drug-likeness (QED) is 0.864. The van der Waals surface area contributed by atoms with Crippen LogP contribution >= 0.6 is 0 Å². The summed E-state index contributed by atoms with van der Waals surface area (Å²) >= 11 is 0. The van der Waals surface area contributed by atoms with Crippen molar-refractivity contribution in [3.05, 3.63) is 23.5 Å². The van der Waals surface area contributed by atoms with Gasteiger partial charge in [-0.1, -0.05) is 0 Å². The maximum atomic E-state index is 14.2. The van der Waals surface area contributed by atoms with Crippen LogP contribution in [0.1, 0.15) is 5.56 Å². The van der Waals surface area contributed by atoms with Crippen LogP contribution in [0, 0.1) is 12.7 Å². The average molecular weight is 306 g/mol. The zero-order valence-electron chi connectivity index (χ0n) is 13.0. The molecule has 0 spiro atoms. The van der Waals surface area contributed by atoms with Crippen molar-refractivity contribution in [2.45, 2.75) is 6.92 Å². The lowest BCUT2D eigenvalue weighted by Gasteiger charge is -2.31. The maximum absolute atomic E-state index is 14.2. The third-order valence-electron chi connectivity index (χ3n) is 3.92. The maximum Gasteiger partial charge on any atom is 0.266 e. The van der Waals surface area contributed by atoms with Crippen molar-refractivity contribution in [1.29, 1.82) is 0 Å². The van der Waals surface area contributed by atoms with Gasteiger partial charge in [-0.15, -0.1) is 0 Å². The van der Waals surface area contributed by atoms with E-state index >= 15 is 0 Å². The Balaban J connectivity index is 1.87. The number of nitrogens with zero attached hydrogens (tertiary/aromatic N) is 4. The Labute approximate surface area is 128 Å². The van der Waals surface area contributed by atoms with Crippen molar-refractivity contribution >= 4 is 5.95 Å². The average Bonchev–Trinajstić information content (AvgIpc) is 2.98. The summed E-state index contributed by atoms with van der Waals surface area (Å²) in [6.45, 7) is 5.33. The monoisotopic (exact) mass is 306 g/mol. The van der Waals surface area contributed by atoms with Crippen molar-refractivity contribution in [1.82, 2.24) is 15.0 Å². The van der Waals surface area contributed by atoms with E-state index in [0.717, 1.165) is 31.7 Å². The third-order valence-corrected chi connectivity index (χ3v) is 3.92. The first kappa shape index (κ1) is 14.8. The van der Waals surface area contributed by atoms with Crippen molar-refractivity contribution in [2.24, 2.45) is 0 Å². The van der Waals surface area contributed by atoms with Gasteiger partial charge in [-0.3, -0.25) is 0 Å². The molecule has 1 aliphatic rings. The Morgan fingerprint density at radius 2 is 1.95 bits per heavy atom. The minimum atomic E-state index is -0.396. The van der Waals surface area contributed by atoms with Crippen molar-refractivity contribution < 1.29 is 13.7 Å². The second-order valence-electron chi connectivity index (χ2n) is 5.49. The van der Waals surface area contributed by atoms with Crippen LogP contribution in [-0.4, -0.2) is 55.4 Å². The van der Waals surface area contributed by atoms with Gasteiger partial charge >= 0.3 is 0 Å². The molecule has 3 rings (SSSR count). The lowest BCUT2D eigenvalue weighted by Crippen LogP contribution is -2.44. The smallest absolute Gasteiger partial charge is 0.266 e. The SMILES string of the molecule is COc1cc(-c2nc(N3CCN(C)CC3)no2)c(F)cc1C. The summed E-state index contributed by atoms with van der Waals surface area (Å²) in [4.78, 5) is 8.61. The summed E-state index contributed by atoms with van der Waals surface area (Å²) in [5.41, 5.74) is 0.984. The first-order valence-electron chi connectivity index (χ1n) is 7.20. The first-order valence-corrected chi connectivity index (χ1v) is 7.20. The Hall–Kier alpha value is -2.15. The first-order chi connectivity index (χ1) is 10.6. The van der Waals surface area contributed by atoms with Gasteiger partial charge in [0, 0.05) is 26.2 Å². The van der Waals surface area contributed by atoms with Crippen molar-refractivity contribution in [3.8, 4) is 17.2 Å². The Bertz CT molecular complexity index is 666. The standard InChI is InChI=1S/C15H19FN4O2/c1-10-8-12(16)11(9-13(10)21-3)14-17-15(18-22-14)20-6-4-19(2)5-7-20/h8-9H,4-7H2,1-3H3. The molecule has 1 aliphatic heterocycles. The van der Waals surface area contributed by atoms with Gasteiger partial charge in [0.05, 0.1) is 12.7 Å². The number of anilines is 1. The van der Waals surface area contributed by atoms with E-state index in [1.807, 2.05) is 4.90 Å². The largest absolute Gasteiger partial charge is 0.496 e. The molecule has 1 saturated heterocycles. The highest BCUT2D eigenvalue weighted by Gasteiger charge is 2.21. The summed E-state index contributed by atoms with van der Waals surface area (Å²) in [6.07, 6.45) is 0. The number of methoxy groups -OCH3 is 1. The van der Waals surface area contributed by atoms with E-state index < -0.39 is 5.82 Å². The lowest BCUT2D eigenvalue weighted by atomic mass is 10.1. The molecule has 22 heavy (non-hydrogen) atoms. The fraction of sp³-hybridized carbons (Fsp3) is 0.467. The van der Waals surface area contributed by atoms with Gasteiger partial charge in [0.25, 0.3) is 11.8 Å². The molecular formula is C15H19FN4O2. The number of aromatic nitrogens is 2. The predicted octanol–water partition coefficient (Wildman–Crippen LogP) is 1.94. The van der Waals surface area contributed by atoms with Crippen molar-refractivity contribution in [3.63, 3.8) is 0 Å². The molecule has 7 heteroatoms. The minimum absolute atomic E-state index is 0.171. The molecule has 2 heterocycles. The normalized spacial score (nSPS) is 16.1. The molecule has 118 valence electrons. The fourth-order valence-electron chi connectivity index (χ4n) is 2.50. The molecule has 0 bridgehead atoms. The molecule has 1 aromatic heterocycles. The molecule has 0 atom stereocenters. The number of piperazine rings is 1.